The molecule has 1 spiro atoms. The van der Waals surface area contributed by atoms with Gasteiger partial charge in [0.1, 0.15) is 22.7 Å². The van der Waals surface area contributed by atoms with Crippen LogP contribution in [0, 0.1) is 17.8 Å². The number of benzene rings is 8. The Morgan fingerprint density at radius 2 is 1.06 bits per heavy atom. The first kappa shape index (κ1) is 36.6. The van der Waals surface area contributed by atoms with Gasteiger partial charge in [0, 0.05) is 44.4 Å². The molecule has 1 aromatic heterocycles. The zero-order valence-corrected chi connectivity index (χ0v) is 36.4. The highest BCUT2D eigenvalue weighted by atomic mass is 16.5. The summed E-state index contributed by atoms with van der Waals surface area (Å²) in [5.41, 5.74) is 16.3. The molecule has 4 saturated carbocycles. The maximum absolute atomic E-state index is 6.95. The molecular weight excluding hydrogens is 779 g/mol. The van der Waals surface area contributed by atoms with Crippen LogP contribution in [0.25, 0.3) is 33.1 Å². The van der Waals surface area contributed by atoms with E-state index in [2.05, 4.69) is 195 Å². The van der Waals surface area contributed by atoms with Gasteiger partial charge >= 0.3 is 0 Å². The van der Waals surface area contributed by atoms with Crippen molar-refractivity contribution in [2.24, 2.45) is 17.8 Å². The number of furan rings is 1. The summed E-state index contributed by atoms with van der Waals surface area (Å²) in [6.45, 7) is 4.76. The maximum Gasteiger partial charge on any atom is 0.136 e. The zero-order valence-electron chi connectivity index (χ0n) is 36.4. The van der Waals surface area contributed by atoms with E-state index in [9.17, 15) is 0 Å². The molecule has 8 aromatic carbocycles. The minimum Gasteiger partial charge on any atom is -0.457 e. The molecule has 310 valence electrons. The van der Waals surface area contributed by atoms with Crippen LogP contribution < -0.4 is 9.64 Å². The number of fused-ring (bicyclic) bond motifs is 11. The third-order valence-electron chi connectivity index (χ3n) is 16.7. The molecular formula is C61H49NO2. The summed E-state index contributed by atoms with van der Waals surface area (Å²) >= 11 is 0. The highest BCUT2D eigenvalue weighted by Gasteiger charge is 2.58. The summed E-state index contributed by atoms with van der Waals surface area (Å²) in [4.78, 5) is 2.47. The fourth-order valence-corrected chi connectivity index (χ4v) is 14.2. The van der Waals surface area contributed by atoms with Crippen molar-refractivity contribution in [3.63, 3.8) is 0 Å². The Morgan fingerprint density at radius 1 is 0.484 bits per heavy atom. The van der Waals surface area contributed by atoms with E-state index < -0.39 is 5.41 Å². The van der Waals surface area contributed by atoms with Crippen molar-refractivity contribution in [2.45, 2.75) is 62.2 Å². The Balaban J connectivity index is 0.969. The van der Waals surface area contributed by atoms with Gasteiger partial charge in [-0.25, -0.2) is 0 Å². The van der Waals surface area contributed by atoms with Gasteiger partial charge in [-0.15, -0.1) is 0 Å². The summed E-state index contributed by atoms with van der Waals surface area (Å²) in [5, 5.41) is 2.30. The lowest BCUT2D eigenvalue weighted by molar-refractivity contribution is 0.266. The van der Waals surface area contributed by atoms with Gasteiger partial charge in [-0.3, -0.25) is 0 Å². The average Bonchev–Trinajstić information content (AvgIpc) is 3.93. The number of rotatable bonds is 5. The van der Waals surface area contributed by atoms with Crippen LogP contribution in [0.15, 0.2) is 186 Å². The Morgan fingerprint density at radius 3 is 1.78 bits per heavy atom. The van der Waals surface area contributed by atoms with Crippen LogP contribution >= 0.6 is 0 Å². The van der Waals surface area contributed by atoms with Crippen LogP contribution in [0.4, 0.5) is 17.1 Å². The molecule has 6 aliphatic rings. The molecule has 9 aromatic rings. The average molecular weight is 828 g/mol. The molecule has 1 aliphatic heterocycles. The number of para-hydroxylation sites is 2. The zero-order chi connectivity index (χ0) is 42.4. The van der Waals surface area contributed by atoms with Crippen LogP contribution in [0.2, 0.25) is 0 Å². The van der Waals surface area contributed by atoms with Gasteiger partial charge in [-0.2, -0.15) is 0 Å². The van der Waals surface area contributed by atoms with Crippen LogP contribution in [0.5, 0.6) is 11.5 Å². The van der Waals surface area contributed by atoms with Gasteiger partial charge in [0.2, 0.25) is 0 Å². The Hall–Kier alpha value is -6.84. The normalized spacial score (nSPS) is 22.5. The number of anilines is 3. The van der Waals surface area contributed by atoms with E-state index in [0.29, 0.717) is 5.41 Å². The van der Waals surface area contributed by atoms with Gasteiger partial charge in [0.25, 0.3) is 0 Å². The van der Waals surface area contributed by atoms with E-state index in [0.717, 1.165) is 79.4 Å². The maximum atomic E-state index is 6.95. The summed E-state index contributed by atoms with van der Waals surface area (Å²) < 4.78 is 13.3. The molecule has 0 radical (unpaired) electrons. The van der Waals surface area contributed by atoms with Gasteiger partial charge < -0.3 is 14.1 Å². The monoisotopic (exact) mass is 827 g/mol. The molecule has 4 fully saturated rings. The van der Waals surface area contributed by atoms with Crippen molar-refractivity contribution >= 4 is 39.0 Å². The van der Waals surface area contributed by atoms with Gasteiger partial charge in [-0.1, -0.05) is 135 Å². The molecule has 0 amide bonds. The molecule has 2 heterocycles. The number of hydrogen-bond acceptors (Lipinski definition) is 3. The van der Waals surface area contributed by atoms with Crippen molar-refractivity contribution in [3.8, 4) is 22.6 Å². The van der Waals surface area contributed by atoms with Crippen molar-refractivity contribution in [1.82, 2.24) is 0 Å². The summed E-state index contributed by atoms with van der Waals surface area (Å²) in [5.74, 6) is 4.46. The first-order valence-electron chi connectivity index (χ1n) is 23.4. The summed E-state index contributed by atoms with van der Waals surface area (Å²) in [6.07, 6.45) is 7.03. The first-order chi connectivity index (χ1) is 31.4. The van der Waals surface area contributed by atoms with Crippen molar-refractivity contribution < 1.29 is 9.15 Å². The van der Waals surface area contributed by atoms with Crippen molar-refractivity contribution in [1.29, 1.82) is 0 Å². The predicted octanol–water partition coefficient (Wildman–Crippen LogP) is 15.9. The second kappa shape index (κ2) is 13.1. The summed E-state index contributed by atoms with van der Waals surface area (Å²) in [6, 6.07) is 67.7. The van der Waals surface area contributed by atoms with Crippen LogP contribution in [0.1, 0.15) is 84.9 Å². The molecule has 4 bridgehead atoms. The Bertz CT molecular complexity index is 3290. The lowest BCUT2D eigenvalue weighted by Gasteiger charge is -2.50. The molecule has 15 rings (SSSR count). The second-order valence-electron chi connectivity index (χ2n) is 20.2. The van der Waals surface area contributed by atoms with Crippen LogP contribution in [-0.4, -0.2) is 0 Å². The highest BCUT2D eigenvalue weighted by Crippen LogP contribution is 2.66. The molecule has 3 nitrogen and oxygen atoms in total. The van der Waals surface area contributed by atoms with Gasteiger partial charge in [0.05, 0.1) is 5.41 Å². The molecule has 64 heavy (non-hydrogen) atoms. The molecule has 3 heteroatoms. The van der Waals surface area contributed by atoms with Gasteiger partial charge in [0.15, 0.2) is 0 Å². The molecule has 2 atom stereocenters. The van der Waals surface area contributed by atoms with E-state index in [1.54, 1.807) is 5.56 Å². The largest absolute Gasteiger partial charge is 0.457 e. The lowest BCUT2D eigenvalue weighted by Crippen LogP contribution is -2.43. The molecule has 2 unspecified atom stereocenters. The SMILES string of the molecule is CC1(C)c2ccccc2C2(c3ccccc3Oc3ccc(N(c4ccc(-c5cccc6oc7ccccc7c56)cc4)c4ccc(C56CC7CC(CC5C7)C6)cc4)cc32)c2ccccc21. The molecule has 0 saturated heterocycles. The number of nitrogens with zero attached hydrogens (tertiary/aromatic N) is 1. The highest BCUT2D eigenvalue weighted by molar-refractivity contribution is 6.12. The fourth-order valence-electron chi connectivity index (χ4n) is 14.2. The Labute approximate surface area is 375 Å². The van der Waals surface area contributed by atoms with Crippen molar-refractivity contribution in [3.05, 3.63) is 221 Å². The quantitative estimate of drug-likeness (QED) is 0.173. The van der Waals surface area contributed by atoms with E-state index in [-0.39, 0.29) is 5.41 Å². The van der Waals surface area contributed by atoms with Gasteiger partial charge in [-0.05, 0) is 155 Å². The minimum atomic E-state index is -0.603. The standard InChI is InChI=1S/C61H49NO2/c1-59(2)48-14-4-6-16-50(48)61(51-17-7-5-15-49(51)59)52-18-8-10-20-55(52)64-56-31-30-45(35-53(56)61)62(44-28-24-41(25-29-44)60-36-38-32-39(37-60)34-42(60)33-38)43-26-22-40(23-27-43)46-13-11-21-57-58(46)47-12-3-9-19-54(47)63-57/h3-31,35,38-39,42H,32-34,36-37H2,1-2H3. The number of ether oxygens (including phenoxy) is 1. The molecule has 5 aliphatic carbocycles. The lowest BCUT2D eigenvalue weighted by atomic mass is 9.53. The topological polar surface area (TPSA) is 25.6 Å². The Kier molecular flexibility index (Phi) is 7.50. The second-order valence-corrected chi connectivity index (χ2v) is 20.2. The third kappa shape index (κ3) is 4.88. The predicted molar refractivity (Wildman–Crippen MR) is 260 cm³/mol. The first-order valence-corrected chi connectivity index (χ1v) is 23.4. The number of hydrogen-bond donors (Lipinski definition) is 0. The third-order valence-corrected chi connectivity index (χ3v) is 16.7. The summed E-state index contributed by atoms with van der Waals surface area (Å²) in [7, 11) is 0. The molecule has 0 N–H and O–H groups in total. The van der Waals surface area contributed by atoms with E-state index >= 15 is 0 Å². The van der Waals surface area contributed by atoms with E-state index in [4.69, 9.17) is 9.15 Å². The van der Waals surface area contributed by atoms with Crippen LogP contribution in [-0.2, 0) is 16.2 Å². The van der Waals surface area contributed by atoms with E-state index in [1.807, 2.05) is 6.07 Å². The smallest absolute Gasteiger partial charge is 0.136 e. The fraction of sp³-hybridized carbons (Fsp3) is 0.213. The van der Waals surface area contributed by atoms with Crippen molar-refractivity contribution in [2.75, 3.05) is 4.90 Å². The minimum absolute atomic E-state index is 0.191. The van der Waals surface area contributed by atoms with E-state index in [1.165, 1.54) is 65.5 Å². The van der Waals surface area contributed by atoms with Crippen LogP contribution in [0.3, 0.4) is 0 Å².